The van der Waals surface area contributed by atoms with Gasteiger partial charge in [0.1, 0.15) is 6.61 Å². The molecule has 3 N–H and O–H groups in total. The zero-order valence-electron chi connectivity index (χ0n) is 17.8. The highest BCUT2D eigenvalue weighted by molar-refractivity contribution is 5.94. The number of nitrogens with one attached hydrogen (secondary N) is 2. The first kappa shape index (κ1) is 23.8. The second-order valence-corrected chi connectivity index (χ2v) is 7.67. The van der Waals surface area contributed by atoms with Crippen molar-refractivity contribution < 1.29 is 41.9 Å². The Morgan fingerprint density at radius 1 is 1.06 bits per heavy atom. The number of hydrogen-bond donors (Lipinski definition) is 3. The first-order valence-electron chi connectivity index (χ1n) is 10.3. The predicted molar refractivity (Wildman–Crippen MR) is 115 cm³/mol. The molecule has 1 aromatic heterocycles. The number of amides is 2. The number of fused-ring (bicyclic) bond motifs is 3. The molecular weight excluding hydrogens is 471 g/mol. The van der Waals surface area contributed by atoms with Gasteiger partial charge in [0.05, 0.1) is 0 Å². The zero-order chi connectivity index (χ0) is 25.2. The van der Waals surface area contributed by atoms with E-state index in [-0.39, 0.29) is 18.4 Å². The molecule has 1 aliphatic rings. The van der Waals surface area contributed by atoms with Crippen LogP contribution in [0.5, 0.6) is 0 Å². The number of carbonyl (C=O) groups is 3. The van der Waals surface area contributed by atoms with Gasteiger partial charge >= 0.3 is 18.2 Å². The van der Waals surface area contributed by atoms with Crippen molar-refractivity contribution in [3.05, 3.63) is 71.4 Å². The summed E-state index contributed by atoms with van der Waals surface area (Å²) in [6.07, 6.45) is -5.93. The third-order valence-electron chi connectivity index (χ3n) is 5.47. The molecule has 2 amide bonds. The topological polar surface area (TPSA) is 131 Å². The Morgan fingerprint density at radius 3 is 2.23 bits per heavy atom. The SMILES string of the molecule is O=C(Nc1cc(C(=O)NCC(C(=O)O)C(F)(F)F)no1)OCC1c2ccccc2-c2ccccc21. The van der Waals surface area contributed by atoms with Crippen molar-refractivity contribution in [2.24, 2.45) is 5.92 Å². The second-order valence-electron chi connectivity index (χ2n) is 7.67. The molecule has 3 aromatic rings. The molecule has 0 radical (unpaired) electrons. The summed E-state index contributed by atoms with van der Waals surface area (Å²) in [5.74, 6) is -6.48. The number of aromatic nitrogens is 1. The number of anilines is 1. The molecule has 182 valence electrons. The van der Waals surface area contributed by atoms with E-state index in [0.717, 1.165) is 28.3 Å². The van der Waals surface area contributed by atoms with Crippen molar-refractivity contribution in [2.45, 2.75) is 12.1 Å². The van der Waals surface area contributed by atoms with Crippen molar-refractivity contribution in [1.82, 2.24) is 10.5 Å². The smallest absolute Gasteiger partial charge is 0.414 e. The lowest BCUT2D eigenvalue weighted by Gasteiger charge is -2.15. The molecule has 0 saturated carbocycles. The number of nitrogens with zero attached hydrogens (tertiary/aromatic N) is 1. The van der Waals surface area contributed by atoms with Gasteiger partial charge in [-0.2, -0.15) is 13.2 Å². The summed E-state index contributed by atoms with van der Waals surface area (Å²) in [6.45, 7) is -1.17. The third kappa shape index (κ3) is 5.10. The fourth-order valence-corrected chi connectivity index (χ4v) is 3.80. The Labute approximate surface area is 195 Å². The van der Waals surface area contributed by atoms with Crippen LogP contribution in [-0.2, 0) is 9.53 Å². The summed E-state index contributed by atoms with van der Waals surface area (Å²) < 4.78 is 48.2. The molecular formula is C23H18F3N3O6. The number of carbonyl (C=O) groups excluding carboxylic acids is 2. The number of rotatable bonds is 7. The fraction of sp³-hybridized carbons (Fsp3) is 0.217. The molecule has 0 aliphatic heterocycles. The molecule has 1 heterocycles. The Hall–Kier alpha value is -4.35. The monoisotopic (exact) mass is 489 g/mol. The number of hydrogen-bond acceptors (Lipinski definition) is 6. The maximum absolute atomic E-state index is 12.7. The van der Waals surface area contributed by atoms with Crippen LogP contribution in [0, 0.1) is 5.92 Å². The van der Waals surface area contributed by atoms with Gasteiger partial charge in [0.15, 0.2) is 11.6 Å². The average molecular weight is 489 g/mol. The highest BCUT2D eigenvalue weighted by atomic mass is 19.4. The molecule has 1 unspecified atom stereocenters. The summed E-state index contributed by atoms with van der Waals surface area (Å²) in [5, 5.41) is 16.1. The highest BCUT2D eigenvalue weighted by Crippen LogP contribution is 2.44. The maximum atomic E-state index is 12.7. The van der Waals surface area contributed by atoms with Crippen molar-refractivity contribution in [1.29, 1.82) is 0 Å². The second kappa shape index (κ2) is 9.49. The summed E-state index contributed by atoms with van der Waals surface area (Å²) in [7, 11) is 0. The molecule has 0 fully saturated rings. The van der Waals surface area contributed by atoms with Crippen LogP contribution < -0.4 is 10.6 Å². The summed E-state index contributed by atoms with van der Waals surface area (Å²) >= 11 is 0. The molecule has 4 rings (SSSR count). The molecule has 12 heteroatoms. The number of ether oxygens (including phenoxy) is 1. The largest absolute Gasteiger partial charge is 0.481 e. The van der Waals surface area contributed by atoms with E-state index in [1.165, 1.54) is 0 Å². The minimum atomic E-state index is -5.04. The zero-order valence-corrected chi connectivity index (χ0v) is 17.8. The van der Waals surface area contributed by atoms with Crippen LogP contribution in [0.4, 0.5) is 23.8 Å². The van der Waals surface area contributed by atoms with Gasteiger partial charge in [0.25, 0.3) is 5.91 Å². The van der Waals surface area contributed by atoms with Crippen LogP contribution in [0.2, 0.25) is 0 Å². The molecule has 0 spiro atoms. The lowest BCUT2D eigenvalue weighted by Crippen LogP contribution is -2.41. The van der Waals surface area contributed by atoms with Crippen LogP contribution in [0.3, 0.4) is 0 Å². The van der Waals surface area contributed by atoms with E-state index < -0.39 is 42.3 Å². The Bertz CT molecular complexity index is 1230. The highest BCUT2D eigenvalue weighted by Gasteiger charge is 2.45. The van der Waals surface area contributed by atoms with E-state index in [0.29, 0.717) is 0 Å². The summed E-state index contributed by atoms with van der Waals surface area (Å²) in [5.41, 5.74) is 3.68. The van der Waals surface area contributed by atoms with Gasteiger partial charge < -0.3 is 19.7 Å². The van der Waals surface area contributed by atoms with Crippen LogP contribution in [0.25, 0.3) is 11.1 Å². The average Bonchev–Trinajstić information content (AvgIpc) is 3.39. The van der Waals surface area contributed by atoms with Gasteiger partial charge in [0.2, 0.25) is 5.88 Å². The number of carboxylic acids is 1. The summed E-state index contributed by atoms with van der Waals surface area (Å²) in [6, 6.07) is 16.5. The number of halogens is 3. The number of benzene rings is 2. The standard InChI is InChI=1S/C23H18F3N3O6/c24-23(25,26)17(21(31)32)10-27-20(30)18-9-19(35-29-18)28-22(33)34-11-16-14-7-3-1-5-12(14)13-6-2-4-8-15(13)16/h1-9,16-17H,10-11H2,(H,27,30)(H,28,33)(H,31,32). The van der Waals surface area contributed by atoms with Crippen LogP contribution in [0.15, 0.2) is 59.1 Å². The first-order chi connectivity index (χ1) is 16.6. The minimum Gasteiger partial charge on any atom is -0.481 e. The maximum Gasteiger partial charge on any atom is 0.414 e. The normalized spacial score (nSPS) is 13.5. The molecule has 1 atom stereocenters. The number of aliphatic carboxylic acids is 1. The van der Waals surface area contributed by atoms with Crippen LogP contribution >= 0.6 is 0 Å². The van der Waals surface area contributed by atoms with E-state index in [2.05, 4.69) is 10.5 Å². The molecule has 9 nitrogen and oxygen atoms in total. The van der Waals surface area contributed by atoms with Crippen molar-refractivity contribution >= 4 is 23.9 Å². The van der Waals surface area contributed by atoms with Crippen LogP contribution in [0.1, 0.15) is 27.5 Å². The Balaban J connectivity index is 1.34. The van der Waals surface area contributed by atoms with E-state index in [9.17, 15) is 27.6 Å². The summed E-state index contributed by atoms with van der Waals surface area (Å²) in [4.78, 5) is 35.0. The fourth-order valence-electron chi connectivity index (χ4n) is 3.80. The lowest BCUT2D eigenvalue weighted by molar-refractivity contribution is -0.192. The van der Waals surface area contributed by atoms with Gasteiger partial charge in [-0.25, -0.2) is 4.79 Å². The van der Waals surface area contributed by atoms with Gasteiger partial charge in [-0.1, -0.05) is 53.7 Å². The third-order valence-corrected chi connectivity index (χ3v) is 5.47. The molecule has 0 bridgehead atoms. The minimum absolute atomic E-state index is 0.0232. The number of carboxylic acid groups (broad SMARTS) is 1. The lowest BCUT2D eigenvalue weighted by atomic mass is 9.98. The quantitative estimate of drug-likeness (QED) is 0.457. The van der Waals surface area contributed by atoms with E-state index >= 15 is 0 Å². The van der Waals surface area contributed by atoms with E-state index in [1.54, 1.807) is 0 Å². The molecule has 0 saturated heterocycles. The van der Waals surface area contributed by atoms with E-state index in [4.69, 9.17) is 14.4 Å². The van der Waals surface area contributed by atoms with Gasteiger partial charge in [0, 0.05) is 18.5 Å². The Kier molecular flexibility index (Phi) is 6.45. The van der Waals surface area contributed by atoms with E-state index in [1.807, 2.05) is 53.8 Å². The van der Waals surface area contributed by atoms with Crippen molar-refractivity contribution in [2.75, 3.05) is 18.5 Å². The number of alkyl halides is 3. The van der Waals surface area contributed by atoms with Crippen molar-refractivity contribution in [3.8, 4) is 11.1 Å². The molecule has 2 aromatic carbocycles. The van der Waals surface area contributed by atoms with Gasteiger partial charge in [-0.15, -0.1) is 0 Å². The van der Waals surface area contributed by atoms with Crippen LogP contribution in [-0.4, -0.2) is 47.6 Å². The molecule has 35 heavy (non-hydrogen) atoms. The van der Waals surface area contributed by atoms with Crippen molar-refractivity contribution in [3.63, 3.8) is 0 Å². The van der Waals surface area contributed by atoms with Gasteiger partial charge in [-0.3, -0.25) is 14.9 Å². The Morgan fingerprint density at radius 2 is 1.66 bits per heavy atom. The predicted octanol–water partition coefficient (Wildman–Crippen LogP) is 4.03. The van der Waals surface area contributed by atoms with Gasteiger partial charge in [-0.05, 0) is 22.3 Å². The first-order valence-corrected chi connectivity index (χ1v) is 10.3. The molecule has 1 aliphatic carbocycles.